The lowest BCUT2D eigenvalue weighted by molar-refractivity contribution is 0.554. The normalized spacial score (nSPS) is 11.2. The van der Waals surface area contributed by atoms with Crippen molar-refractivity contribution >= 4 is 12.4 Å². The molecule has 0 saturated carbocycles. The Morgan fingerprint density at radius 3 is 2.56 bits per heavy atom. The Bertz CT molecular complexity index is 87.5. The molecule has 2 nitrogen and oxygen atoms in total. The third-order valence-electron chi connectivity index (χ3n) is 1.10. The minimum absolute atomic E-state index is 0. The molecule has 0 bridgehead atoms. The lowest BCUT2D eigenvalue weighted by atomic mass is 10.1. The van der Waals surface area contributed by atoms with E-state index in [-0.39, 0.29) is 12.4 Å². The molecule has 0 aromatic carbocycles. The minimum atomic E-state index is 0. The van der Waals surface area contributed by atoms with Crippen molar-refractivity contribution in [3.05, 3.63) is 0 Å². The van der Waals surface area contributed by atoms with Crippen LogP contribution in [0.3, 0.4) is 0 Å². The molecule has 1 atom stereocenters. The van der Waals surface area contributed by atoms with Crippen LogP contribution in [0.25, 0.3) is 0 Å². The van der Waals surface area contributed by atoms with Crippen LogP contribution in [-0.4, -0.2) is 6.54 Å². The van der Waals surface area contributed by atoms with Gasteiger partial charge < -0.3 is 5.73 Å². The van der Waals surface area contributed by atoms with Gasteiger partial charge in [-0.15, -0.1) is 12.4 Å². The van der Waals surface area contributed by atoms with Crippen LogP contribution >= 0.6 is 12.4 Å². The van der Waals surface area contributed by atoms with Crippen molar-refractivity contribution in [3.63, 3.8) is 0 Å². The second-order valence-corrected chi connectivity index (χ2v) is 2.04. The highest BCUT2D eigenvalue weighted by molar-refractivity contribution is 5.85. The number of halogens is 1. The van der Waals surface area contributed by atoms with Crippen molar-refractivity contribution in [2.75, 3.05) is 6.54 Å². The van der Waals surface area contributed by atoms with E-state index in [1.54, 1.807) is 0 Å². The van der Waals surface area contributed by atoms with E-state index in [1.165, 1.54) is 0 Å². The average molecular weight is 149 g/mol. The highest BCUT2D eigenvalue weighted by Crippen LogP contribution is 2.02. The number of rotatable bonds is 3. The van der Waals surface area contributed by atoms with Gasteiger partial charge in [-0.3, -0.25) is 0 Å². The largest absolute Gasteiger partial charge is 0.330 e. The maximum atomic E-state index is 8.17. The molecule has 0 aromatic heterocycles. The maximum absolute atomic E-state index is 8.17. The standard InChI is InChI=1S/C6H12N2.ClH/c1-6(2-4-7)3-5-8;/h6H,2-4,7H2,1H3;1H/t6-;/m0./s1. The van der Waals surface area contributed by atoms with E-state index < -0.39 is 0 Å². The topological polar surface area (TPSA) is 49.8 Å². The quantitative estimate of drug-likeness (QED) is 0.656. The Kier molecular flexibility index (Phi) is 9.91. The smallest absolute Gasteiger partial charge is 0.0624 e. The van der Waals surface area contributed by atoms with Gasteiger partial charge in [0, 0.05) is 6.42 Å². The van der Waals surface area contributed by atoms with Crippen LogP contribution in [0.1, 0.15) is 19.8 Å². The Morgan fingerprint density at radius 2 is 2.22 bits per heavy atom. The van der Waals surface area contributed by atoms with Crippen LogP contribution in [0.2, 0.25) is 0 Å². The van der Waals surface area contributed by atoms with Gasteiger partial charge >= 0.3 is 0 Å². The SMILES string of the molecule is C[C@H](CC#N)CCN.Cl. The van der Waals surface area contributed by atoms with Crippen LogP contribution < -0.4 is 5.73 Å². The van der Waals surface area contributed by atoms with Crippen molar-refractivity contribution in [1.82, 2.24) is 0 Å². The molecular weight excluding hydrogens is 136 g/mol. The molecule has 2 N–H and O–H groups in total. The van der Waals surface area contributed by atoms with Crippen LogP contribution in [-0.2, 0) is 0 Å². The van der Waals surface area contributed by atoms with Crippen molar-refractivity contribution in [2.24, 2.45) is 11.7 Å². The summed E-state index contributed by atoms with van der Waals surface area (Å²) in [7, 11) is 0. The zero-order chi connectivity index (χ0) is 6.41. The highest BCUT2D eigenvalue weighted by atomic mass is 35.5. The molecular formula is C6H13ClN2. The molecule has 0 fully saturated rings. The van der Waals surface area contributed by atoms with Crippen molar-refractivity contribution < 1.29 is 0 Å². The summed E-state index contributed by atoms with van der Waals surface area (Å²) in [6.45, 7) is 2.74. The summed E-state index contributed by atoms with van der Waals surface area (Å²) >= 11 is 0. The lowest BCUT2D eigenvalue weighted by Gasteiger charge is -2.00. The average Bonchev–Trinajstić information content (AvgIpc) is 1.68. The van der Waals surface area contributed by atoms with Crippen molar-refractivity contribution in [2.45, 2.75) is 19.8 Å². The van der Waals surface area contributed by atoms with E-state index in [9.17, 15) is 0 Å². The van der Waals surface area contributed by atoms with E-state index >= 15 is 0 Å². The Morgan fingerprint density at radius 1 is 1.67 bits per heavy atom. The van der Waals surface area contributed by atoms with Crippen molar-refractivity contribution in [3.8, 4) is 6.07 Å². The van der Waals surface area contributed by atoms with E-state index in [2.05, 4.69) is 6.07 Å². The number of hydrogen-bond acceptors (Lipinski definition) is 2. The van der Waals surface area contributed by atoms with E-state index in [4.69, 9.17) is 11.0 Å². The first kappa shape index (κ1) is 11.5. The second kappa shape index (κ2) is 7.74. The van der Waals surface area contributed by atoms with Crippen LogP contribution in [0, 0.1) is 17.2 Å². The number of nitrogens with two attached hydrogens (primary N) is 1. The zero-order valence-electron chi connectivity index (χ0n) is 5.63. The summed E-state index contributed by atoms with van der Waals surface area (Å²) in [6.07, 6.45) is 1.60. The fourth-order valence-corrected chi connectivity index (χ4v) is 0.542. The molecule has 3 heteroatoms. The van der Waals surface area contributed by atoms with Crippen LogP contribution in [0.5, 0.6) is 0 Å². The molecule has 0 spiro atoms. The first-order valence-corrected chi connectivity index (χ1v) is 2.88. The van der Waals surface area contributed by atoms with Gasteiger partial charge in [0.1, 0.15) is 0 Å². The summed E-state index contributed by atoms with van der Waals surface area (Å²) < 4.78 is 0. The first-order valence-electron chi connectivity index (χ1n) is 2.88. The first-order chi connectivity index (χ1) is 3.81. The number of hydrogen-bond donors (Lipinski definition) is 1. The van der Waals surface area contributed by atoms with Gasteiger partial charge in [-0.1, -0.05) is 6.92 Å². The molecule has 0 rings (SSSR count). The van der Waals surface area contributed by atoms with E-state index in [0.717, 1.165) is 6.42 Å². The monoisotopic (exact) mass is 148 g/mol. The molecule has 0 aromatic rings. The molecule has 54 valence electrons. The molecule has 0 amide bonds. The van der Waals surface area contributed by atoms with Crippen LogP contribution in [0.15, 0.2) is 0 Å². The summed E-state index contributed by atoms with van der Waals surface area (Å²) in [5.41, 5.74) is 5.25. The molecule has 0 unspecified atom stereocenters. The molecule has 0 heterocycles. The molecule has 0 aliphatic rings. The summed E-state index contributed by atoms with van der Waals surface area (Å²) in [5, 5.41) is 8.17. The predicted octanol–water partition coefficient (Wildman–Crippen LogP) is 1.31. The molecule has 0 aliphatic heterocycles. The van der Waals surface area contributed by atoms with E-state index in [1.807, 2.05) is 6.92 Å². The predicted molar refractivity (Wildman–Crippen MR) is 40.3 cm³/mol. The zero-order valence-corrected chi connectivity index (χ0v) is 6.45. The van der Waals surface area contributed by atoms with Gasteiger partial charge in [0.05, 0.1) is 6.07 Å². The molecule has 0 aliphatic carbocycles. The van der Waals surface area contributed by atoms with Gasteiger partial charge in [-0.25, -0.2) is 0 Å². The van der Waals surface area contributed by atoms with Crippen molar-refractivity contribution in [1.29, 1.82) is 5.26 Å². The second-order valence-electron chi connectivity index (χ2n) is 2.04. The fraction of sp³-hybridized carbons (Fsp3) is 0.833. The van der Waals surface area contributed by atoms with Gasteiger partial charge in [-0.05, 0) is 18.9 Å². The summed E-state index contributed by atoms with van der Waals surface area (Å²) in [5.74, 6) is 0.477. The Balaban J connectivity index is 0. The lowest BCUT2D eigenvalue weighted by Crippen LogP contribution is -2.04. The maximum Gasteiger partial charge on any atom is 0.0624 e. The third kappa shape index (κ3) is 7.74. The number of nitrogens with zero attached hydrogens (tertiary/aromatic N) is 1. The van der Waals surface area contributed by atoms with Gasteiger partial charge in [0.15, 0.2) is 0 Å². The molecule has 0 radical (unpaired) electrons. The Labute approximate surface area is 62.4 Å². The van der Waals surface area contributed by atoms with Gasteiger partial charge in [0.25, 0.3) is 0 Å². The number of nitriles is 1. The van der Waals surface area contributed by atoms with E-state index in [0.29, 0.717) is 18.9 Å². The third-order valence-corrected chi connectivity index (χ3v) is 1.10. The molecule has 9 heavy (non-hydrogen) atoms. The Hall–Kier alpha value is -0.260. The highest BCUT2D eigenvalue weighted by Gasteiger charge is 1.96. The summed E-state index contributed by atoms with van der Waals surface area (Å²) in [6, 6.07) is 2.10. The van der Waals surface area contributed by atoms with Gasteiger partial charge in [0.2, 0.25) is 0 Å². The van der Waals surface area contributed by atoms with Crippen LogP contribution in [0.4, 0.5) is 0 Å². The molecule has 0 saturated heterocycles. The minimum Gasteiger partial charge on any atom is -0.330 e. The van der Waals surface area contributed by atoms with Gasteiger partial charge in [-0.2, -0.15) is 5.26 Å². The fourth-order valence-electron chi connectivity index (χ4n) is 0.542. The summed E-state index contributed by atoms with van der Waals surface area (Å²) in [4.78, 5) is 0.